The molecule has 2 heterocycles. The highest BCUT2D eigenvalue weighted by molar-refractivity contribution is 7.98. The molecular weight excluding hydrogens is 490 g/mol. The molecule has 0 aliphatic carbocycles. The average Bonchev–Trinajstić information content (AvgIpc) is 3.28. The number of carbonyl (C=O) groups excluding carboxylic acids is 1. The summed E-state index contributed by atoms with van der Waals surface area (Å²) >= 11 is 3.13. The SMILES string of the molecule is CSc1cccc2sc(N(CCN3CCOCC3)C(=O)c3ccc(S(=O)(=O)C(C)C)cc3)nc12. The smallest absolute Gasteiger partial charge is 0.260 e. The number of carbonyl (C=O) groups is 1. The Labute approximate surface area is 209 Å². The molecule has 2 aromatic carbocycles. The van der Waals surface area contributed by atoms with Crippen LogP contribution in [0, 0.1) is 0 Å². The monoisotopic (exact) mass is 519 g/mol. The number of anilines is 1. The molecule has 0 spiro atoms. The largest absolute Gasteiger partial charge is 0.379 e. The molecule has 1 aliphatic rings. The Morgan fingerprint density at radius 2 is 1.88 bits per heavy atom. The number of ether oxygens (including phenoxy) is 1. The molecule has 1 amide bonds. The van der Waals surface area contributed by atoms with Gasteiger partial charge in [0.25, 0.3) is 5.91 Å². The summed E-state index contributed by atoms with van der Waals surface area (Å²) in [5, 5.41) is 0.126. The van der Waals surface area contributed by atoms with Crippen LogP contribution in [0.5, 0.6) is 0 Å². The van der Waals surface area contributed by atoms with E-state index in [1.54, 1.807) is 42.6 Å². The van der Waals surface area contributed by atoms with Gasteiger partial charge in [-0.25, -0.2) is 13.4 Å². The molecule has 7 nitrogen and oxygen atoms in total. The molecule has 1 aromatic heterocycles. The Kier molecular flexibility index (Phi) is 7.94. The second-order valence-corrected chi connectivity index (χ2v) is 12.7. The van der Waals surface area contributed by atoms with E-state index in [0.717, 1.165) is 28.2 Å². The number of sulfone groups is 1. The maximum Gasteiger partial charge on any atom is 0.260 e. The Morgan fingerprint density at radius 1 is 1.18 bits per heavy atom. The first-order valence-electron chi connectivity index (χ1n) is 11.2. The number of aromatic nitrogens is 1. The molecule has 4 rings (SSSR count). The molecule has 0 N–H and O–H groups in total. The maximum atomic E-state index is 13.6. The predicted molar refractivity (Wildman–Crippen MR) is 139 cm³/mol. The number of nitrogens with zero attached hydrogens (tertiary/aromatic N) is 3. The fourth-order valence-corrected chi connectivity index (χ4v) is 6.46. The van der Waals surface area contributed by atoms with Gasteiger partial charge in [-0.15, -0.1) is 11.8 Å². The van der Waals surface area contributed by atoms with Gasteiger partial charge < -0.3 is 4.74 Å². The maximum absolute atomic E-state index is 13.6. The summed E-state index contributed by atoms with van der Waals surface area (Å²) in [5.74, 6) is -0.188. The second kappa shape index (κ2) is 10.7. The Bertz CT molecular complexity index is 1250. The van der Waals surface area contributed by atoms with Gasteiger partial charge in [0.1, 0.15) is 0 Å². The van der Waals surface area contributed by atoms with E-state index in [2.05, 4.69) is 4.90 Å². The van der Waals surface area contributed by atoms with Crippen LogP contribution in [0.25, 0.3) is 10.2 Å². The topological polar surface area (TPSA) is 79.8 Å². The number of fused-ring (bicyclic) bond motifs is 1. The standard InChI is InChI=1S/C24H29N3O4S3/c1-17(2)34(29,30)19-9-7-18(8-10-19)23(28)27(12-11-26-13-15-31-16-14-26)24-25-22-20(32-3)5-4-6-21(22)33-24/h4-10,17H,11-16H2,1-3H3. The first-order chi connectivity index (χ1) is 16.3. The van der Waals surface area contributed by atoms with Crippen molar-refractivity contribution in [3.05, 3.63) is 48.0 Å². The van der Waals surface area contributed by atoms with Crippen LogP contribution in [0.15, 0.2) is 52.3 Å². The first-order valence-corrected chi connectivity index (χ1v) is 14.8. The second-order valence-electron chi connectivity index (χ2n) is 8.33. The normalized spacial score (nSPS) is 15.2. The van der Waals surface area contributed by atoms with E-state index in [1.165, 1.54) is 23.5 Å². The molecular formula is C24H29N3O4S3. The molecule has 0 saturated carbocycles. The quantitative estimate of drug-likeness (QED) is 0.413. The van der Waals surface area contributed by atoms with E-state index in [1.807, 2.05) is 24.5 Å². The minimum absolute atomic E-state index is 0.188. The number of morpholine rings is 1. The molecule has 0 unspecified atom stereocenters. The fraction of sp³-hybridized carbons (Fsp3) is 0.417. The molecule has 3 aromatic rings. The summed E-state index contributed by atoms with van der Waals surface area (Å²) in [5.41, 5.74) is 1.34. The highest BCUT2D eigenvalue weighted by atomic mass is 32.2. The molecule has 1 aliphatic heterocycles. The zero-order chi connectivity index (χ0) is 24.3. The minimum atomic E-state index is -3.40. The van der Waals surface area contributed by atoms with Crippen LogP contribution in [0.4, 0.5) is 5.13 Å². The summed E-state index contributed by atoms with van der Waals surface area (Å²) in [6.07, 6.45) is 2.02. The Balaban J connectivity index is 1.65. The predicted octanol–water partition coefficient (Wildman–Crippen LogP) is 4.18. The molecule has 10 heteroatoms. The molecule has 0 radical (unpaired) electrons. The molecule has 0 bridgehead atoms. The van der Waals surface area contributed by atoms with Crippen LogP contribution >= 0.6 is 23.1 Å². The van der Waals surface area contributed by atoms with Crippen LogP contribution in [0.3, 0.4) is 0 Å². The number of rotatable bonds is 8. The van der Waals surface area contributed by atoms with E-state index in [4.69, 9.17) is 9.72 Å². The zero-order valence-corrected chi connectivity index (χ0v) is 22.0. The van der Waals surface area contributed by atoms with E-state index < -0.39 is 15.1 Å². The number of thioether (sulfide) groups is 1. The summed E-state index contributed by atoms with van der Waals surface area (Å²) in [4.78, 5) is 23.8. The number of amides is 1. The van der Waals surface area contributed by atoms with Crippen molar-refractivity contribution >= 4 is 54.2 Å². The third-order valence-corrected chi connectivity index (χ3v) is 9.84. The highest BCUT2D eigenvalue weighted by Gasteiger charge is 2.25. The lowest BCUT2D eigenvalue weighted by Crippen LogP contribution is -2.43. The lowest BCUT2D eigenvalue weighted by atomic mass is 10.2. The lowest BCUT2D eigenvalue weighted by Gasteiger charge is -2.29. The van der Waals surface area contributed by atoms with Gasteiger partial charge in [-0.3, -0.25) is 14.6 Å². The van der Waals surface area contributed by atoms with Crippen LogP contribution in [-0.2, 0) is 14.6 Å². The molecule has 182 valence electrons. The van der Waals surface area contributed by atoms with Gasteiger partial charge in [-0.05, 0) is 56.5 Å². The van der Waals surface area contributed by atoms with Gasteiger partial charge in [0, 0.05) is 36.6 Å². The zero-order valence-electron chi connectivity index (χ0n) is 19.6. The van der Waals surface area contributed by atoms with E-state index in [0.29, 0.717) is 37.0 Å². The lowest BCUT2D eigenvalue weighted by molar-refractivity contribution is 0.0391. The summed E-state index contributed by atoms with van der Waals surface area (Å²) in [7, 11) is -3.40. The summed E-state index contributed by atoms with van der Waals surface area (Å²) in [6, 6.07) is 12.3. The number of hydrogen-bond donors (Lipinski definition) is 0. The van der Waals surface area contributed by atoms with Gasteiger partial charge >= 0.3 is 0 Å². The van der Waals surface area contributed by atoms with E-state index in [-0.39, 0.29) is 10.8 Å². The van der Waals surface area contributed by atoms with Crippen LogP contribution in [-0.4, -0.2) is 75.1 Å². The first kappa shape index (κ1) is 25.1. The van der Waals surface area contributed by atoms with Gasteiger partial charge in [0.05, 0.1) is 33.6 Å². The van der Waals surface area contributed by atoms with Crippen molar-refractivity contribution in [3.63, 3.8) is 0 Å². The van der Waals surface area contributed by atoms with Crippen molar-refractivity contribution < 1.29 is 17.9 Å². The van der Waals surface area contributed by atoms with Crippen molar-refractivity contribution in [2.75, 3.05) is 50.5 Å². The number of para-hydroxylation sites is 1. The Morgan fingerprint density at radius 3 is 2.53 bits per heavy atom. The van der Waals surface area contributed by atoms with E-state index >= 15 is 0 Å². The highest BCUT2D eigenvalue weighted by Crippen LogP contribution is 2.34. The van der Waals surface area contributed by atoms with Crippen molar-refractivity contribution in [2.24, 2.45) is 0 Å². The van der Waals surface area contributed by atoms with Crippen LogP contribution in [0.2, 0.25) is 0 Å². The van der Waals surface area contributed by atoms with Crippen molar-refractivity contribution in [3.8, 4) is 0 Å². The third-order valence-electron chi connectivity index (χ3n) is 5.86. The summed E-state index contributed by atoms with van der Waals surface area (Å²) < 4.78 is 31.4. The van der Waals surface area contributed by atoms with E-state index in [9.17, 15) is 13.2 Å². The van der Waals surface area contributed by atoms with Crippen molar-refractivity contribution in [2.45, 2.75) is 28.9 Å². The molecule has 1 saturated heterocycles. The van der Waals surface area contributed by atoms with Gasteiger partial charge in [-0.2, -0.15) is 0 Å². The van der Waals surface area contributed by atoms with Crippen LogP contribution < -0.4 is 4.90 Å². The number of hydrogen-bond acceptors (Lipinski definition) is 8. The third kappa shape index (κ3) is 5.31. The van der Waals surface area contributed by atoms with Gasteiger partial charge in [-0.1, -0.05) is 17.4 Å². The average molecular weight is 520 g/mol. The van der Waals surface area contributed by atoms with Crippen LogP contribution in [0.1, 0.15) is 24.2 Å². The molecule has 34 heavy (non-hydrogen) atoms. The van der Waals surface area contributed by atoms with Crippen molar-refractivity contribution in [1.29, 1.82) is 0 Å². The van der Waals surface area contributed by atoms with Gasteiger partial charge in [0.2, 0.25) is 0 Å². The molecule has 0 atom stereocenters. The summed E-state index contributed by atoms with van der Waals surface area (Å²) in [6.45, 7) is 7.55. The number of thiazole rings is 1. The van der Waals surface area contributed by atoms with Crippen molar-refractivity contribution in [1.82, 2.24) is 9.88 Å². The number of benzene rings is 2. The molecule has 1 fully saturated rings. The van der Waals surface area contributed by atoms with Gasteiger partial charge in [0.15, 0.2) is 15.0 Å². The fourth-order valence-electron chi connectivity index (χ4n) is 3.76. The Hall–Kier alpha value is -1.98. The minimum Gasteiger partial charge on any atom is -0.379 e.